The Morgan fingerprint density at radius 3 is 3.14 bits per heavy atom. The lowest BCUT2D eigenvalue weighted by Gasteiger charge is -2.04. The molecule has 0 bridgehead atoms. The number of nitrogen functional groups attached to an aromatic ring is 1. The normalized spacial score (nSPS) is 17.8. The van der Waals surface area contributed by atoms with Crippen LogP contribution < -0.4 is 11.1 Å². The van der Waals surface area contributed by atoms with E-state index in [1.54, 1.807) is 6.07 Å². The molecule has 1 aliphatic heterocycles. The number of aromatic nitrogens is 4. The van der Waals surface area contributed by atoms with Crippen LogP contribution in [-0.2, 0) is 22.6 Å². The molecule has 2 aromatic heterocycles. The molecule has 9 nitrogen and oxygen atoms in total. The van der Waals surface area contributed by atoms with E-state index in [0.717, 1.165) is 18.5 Å². The fourth-order valence-corrected chi connectivity index (χ4v) is 2.30. The van der Waals surface area contributed by atoms with E-state index in [1.807, 2.05) is 6.92 Å². The molecule has 0 saturated carbocycles. The zero-order chi connectivity index (χ0) is 15.5. The Morgan fingerprint density at radius 1 is 1.59 bits per heavy atom. The number of carbonyl (C=O) groups excluding carboxylic acids is 1. The largest absolute Gasteiger partial charge is 0.384 e. The van der Waals surface area contributed by atoms with Crippen LogP contribution in [0.1, 0.15) is 36.4 Å². The Labute approximate surface area is 126 Å². The molecular formula is C13H18N6O3. The lowest BCUT2D eigenvalue weighted by molar-refractivity contribution is -0.122. The monoisotopic (exact) mass is 306 g/mol. The van der Waals surface area contributed by atoms with Crippen molar-refractivity contribution in [2.45, 2.75) is 39.0 Å². The van der Waals surface area contributed by atoms with Gasteiger partial charge in [0.25, 0.3) is 5.89 Å². The van der Waals surface area contributed by atoms with Crippen LogP contribution in [0.25, 0.3) is 0 Å². The van der Waals surface area contributed by atoms with E-state index in [9.17, 15) is 4.79 Å². The first-order chi connectivity index (χ1) is 10.6. The van der Waals surface area contributed by atoms with Crippen LogP contribution in [0.4, 0.5) is 5.82 Å². The Balaban J connectivity index is 1.51. The Morgan fingerprint density at radius 2 is 2.45 bits per heavy atom. The molecular weight excluding hydrogens is 288 g/mol. The molecule has 3 heterocycles. The molecule has 9 heteroatoms. The van der Waals surface area contributed by atoms with Gasteiger partial charge >= 0.3 is 0 Å². The first kappa shape index (κ1) is 14.5. The fraction of sp³-hybridized carbons (Fsp3) is 0.538. The topological polar surface area (TPSA) is 121 Å². The Kier molecular flexibility index (Phi) is 4.05. The maximum Gasteiger partial charge on any atom is 0.255 e. The molecule has 0 aliphatic carbocycles. The van der Waals surface area contributed by atoms with Gasteiger partial charge in [0, 0.05) is 12.7 Å². The molecule has 1 amide bonds. The Hall–Kier alpha value is -2.42. The Bertz CT molecular complexity index is 659. The smallest absolute Gasteiger partial charge is 0.255 e. The summed E-state index contributed by atoms with van der Waals surface area (Å²) in [5.74, 6) is 1.11. The standard InChI is InChI=1S/C13H18N6O3/c1-8-5-10(14)19(17-8)7-12(20)15-6-11-16-13(22-18-11)9-3-2-4-21-9/h5,9H,2-4,6-7,14H2,1H3,(H,15,20)/t9-/m1/s1. The minimum absolute atomic E-state index is 0.0517. The number of hydrogen-bond donors (Lipinski definition) is 2. The molecule has 0 spiro atoms. The van der Waals surface area contributed by atoms with E-state index in [0.29, 0.717) is 24.1 Å². The van der Waals surface area contributed by atoms with Crippen molar-refractivity contribution in [2.75, 3.05) is 12.3 Å². The molecule has 2 aromatic rings. The first-order valence-corrected chi connectivity index (χ1v) is 7.12. The van der Waals surface area contributed by atoms with Crippen LogP contribution in [0.3, 0.4) is 0 Å². The number of ether oxygens (including phenoxy) is 1. The third-order valence-electron chi connectivity index (χ3n) is 3.36. The van der Waals surface area contributed by atoms with Gasteiger partial charge in [0.15, 0.2) is 5.82 Å². The first-order valence-electron chi connectivity index (χ1n) is 7.12. The highest BCUT2D eigenvalue weighted by Crippen LogP contribution is 2.26. The van der Waals surface area contributed by atoms with Crippen LogP contribution in [0.5, 0.6) is 0 Å². The second kappa shape index (κ2) is 6.14. The maximum atomic E-state index is 11.9. The maximum absolute atomic E-state index is 11.9. The van der Waals surface area contributed by atoms with Crippen LogP contribution >= 0.6 is 0 Å². The molecule has 22 heavy (non-hydrogen) atoms. The van der Waals surface area contributed by atoms with Gasteiger partial charge in [-0.3, -0.25) is 4.79 Å². The molecule has 118 valence electrons. The number of hydrogen-bond acceptors (Lipinski definition) is 7. The van der Waals surface area contributed by atoms with Crippen molar-refractivity contribution < 1.29 is 14.1 Å². The van der Waals surface area contributed by atoms with E-state index in [1.165, 1.54) is 4.68 Å². The molecule has 3 N–H and O–H groups in total. The predicted molar refractivity (Wildman–Crippen MR) is 75.4 cm³/mol. The molecule has 1 aliphatic rings. The number of aryl methyl sites for hydroxylation is 1. The molecule has 1 atom stereocenters. The second-order valence-electron chi connectivity index (χ2n) is 5.20. The summed E-state index contributed by atoms with van der Waals surface area (Å²) < 4.78 is 12.1. The lowest BCUT2D eigenvalue weighted by atomic mass is 10.2. The fourth-order valence-electron chi connectivity index (χ4n) is 2.30. The van der Waals surface area contributed by atoms with Gasteiger partial charge in [-0.1, -0.05) is 5.16 Å². The number of anilines is 1. The van der Waals surface area contributed by atoms with Gasteiger partial charge in [0.1, 0.15) is 18.5 Å². The number of rotatable bonds is 5. The van der Waals surface area contributed by atoms with Crippen molar-refractivity contribution in [3.05, 3.63) is 23.5 Å². The zero-order valence-electron chi connectivity index (χ0n) is 12.3. The van der Waals surface area contributed by atoms with Crippen molar-refractivity contribution in [2.24, 2.45) is 0 Å². The summed E-state index contributed by atoms with van der Waals surface area (Å²) in [7, 11) is 0. The number of carbonyl (C=O) groups is 1. The van der Waals surface area contributed by atoms with E-state index < -0.39 is 0 Å². The van der Waals surface area contributed by atoms with Gasteiger partial charge in [0.05, 0.1) is 12.2 Å². The highest BCUT2D eigenvalue weighted by molar-refractivity contribution is 5.75. The third-order valence-corrected chi connectivity index (χ3v) is 3.36. The predicted octanol–water partition coefficient (Wildman–Crippen LogP) is 0.325. The van der Waals surface area contributed by atoms with Gasteiger partial charge in [-0.15, -0.1) is 0 Å². The van der Waals surface area contributed by atoms with Crippen molar-refractivity contribution in [3.8, 4) is 0 Å². The average Bonchev–Trinajstić information content (AvgIpc) is 3.19. The molecule has 1 fully saturated rings. The van der Waals surface area contributed by atoms with Gasteiger partial charge in [-0.25, -0.2) is 4.68 Å². The number of nitrogens with zero attached hydrogens (tertiary/aromatic N) is 4. The number of nitrogens with two attached hydrogens (primary N) is 1. The van der Waals surface area contributed by atoms with Crippen molar-refractivity contribution in [1.82, 2.24) is 25.2 Å². The van der Waals surface area contributed by atoms with E-state index in [2.05, 4.69) is 20.6 Å². The molecule has 0 aromatic carbocycles. The van der Waals surface area contributed by atoms with E-state index >= 15 is 0 Å². The summed E-state index contributed by atoms with van der Waals surface area (Å²) in [5, 5.41) is 10.7. The minimum Gasteiger partial charge on any atom is -0.384 e. The van der Waals surface area contributed by atoms with E-state index in [4.69, 9.17) is 15.0 Å². The zero-order valence-corrected chi connectivity index (χ0v) is 12.3. The van der Waals surface area contributed by atoms with Crippen LogP contribution in [0.2, 0.25) is 0 Å². The summed E-state index contributed by atoms with van der Waals surface area (Å²) in [6, 6.07) is 1.71. The number of amides is 1. The van der Waals surface area contributed by atoms with Gasteiger partial charge < -0.3 is 20.3 Å². The summed E-state index contributed by atoms with van der Waals surface area (Å²) in [6.07, 6.45) is 1.75. The summed E-state index contributed by atoms with van der Waals surface area (Å²) >= 11 is 0. The minimum atomic E-state index is -0.224. The highest BCUT2D eigenvalue weighted by atomic mass is 16.5. The average molecular weight is 306 g/mol. The second-order valence-corrected chi connectivity index (χ2v) is 5.20. The van der Waals surface area contributed by atoms with Crippen molar-refractivity contribution >= 4 is 11.7 Å². The van der Waals surface area contributed by atoms with Crippen LogP contribution in [0.15, 0.2) is 10.6 Å². The third kappa shape index (κ3) is 3.25. The summed E-state index contributed by atoms with van der Waals surface area (Å²) in [6.45, 7) is 2.77. The summed E-state index contributed by atoms with van der Waals surface area (Å²) in [4.78, 5) is 16.1. The van der Waals surface area contributed by atoms with Gasteiger partial charge in [-0.05, 0) is 19.8 Å². The van der Waals surface area contributed by atoms with E-state index in [-0.39, 0.29) is 25.1 Å². The molecule has 1 saturated heterocycles. The quantitative estimate of drug-likeness (QED) is 0.816. The lowest BCUT2D eigenvalue weighted by Crippen LogP contribution is -2.28. The van der Waals surface area contributed by atoms with Crippen molar-refractivity contribution in [1.29, 1.82) is 0 Å². The summed E-state index contributed by atoms with van der Waals surface area (Å²) in [5.41, 5.74) is 6.51. The molecule has 0 radical (unpaired) electrons. The van der Waals surface area contributed by atoms with Crippen LogP contribution in [0, 0.1) is 6.92 Å². The van der Waals surface area contributed by atoms with Gasteiger partial charge in [0.2, 0.25) is 5.91 Å². The molecule has 0 unspecified atom stereocenters. The van der Waals surface area contributed by atoms with Crippen LogP contribution in [-0.4, -0.2) is 32.4 Å². The van der Waals surface area contributed by atoms with Crippen molar-refractivity contribution in [3.63, 3.8) is 0 Å². The number of nitrogens with one attached hydrogen (secondary N) is 1. The SMILES string of the molecule is Cc1cc(N)n(CC(=O)NCc2noc([C@H]3CCCO3)n2)n1. The molecule has 3 rings (SSSR count). The van der Waals surface area contributed by atoms with Gasteiger partial charge in [-0.2, -0.15) is 10.1 Å². The highest BCUT2D eigenvalue weighted by Gasteiger charge is 2.23.